The molecule has 1 aromatic heterocycles. The standard InChI is InChI=1S/C11H12FNO/c1-8(2)3-4-11(14)9-5-6-13-7-10(9)12/h5-7H,1,3-4H2,2H3. The molecule has 0 N–H and O–H groups in total. The van der Waals surface area contributed by atoms with Gasteiger partial charge in [-0.3, -0.25) is 9.78 Å². The molecule has 0 saturated heterocycles. The molecule has 14 heavy (non-hydrogen) atoms. The van der Waals surface area contributed by atoms with E-state index in [1.807, 2.05) is 6.92 Å². The number of Topliss-reactive ketones (excluding diaryl/α,β-unsaturated/α-hetero) is 1. The van der Waals surface area contributed by atoms with Crippen LogP contribution in [0.1, 0.15) is 30.1 Å². The molecule has 0 aliphatic heterocycles. The van der Waals surface area contributed by atoms with Crippen LogP contribution in [0.5, 0.6) is 0 Å². The second kappa shape index (κ2) is 4.65. The van der Waals surface area contributed by atoms with E-state index in [-0.39, 0.29) is 11.3 Å². The molecule has 0 radical (unpaired) electrons. The number of aromatic nitrogens is 1. The fourth-order valence-corrected chi connectivity index (χ4v) is 1.06. The Morgan fingerprint density at radius 1 is 1.57 bits per heavy atom. The molecule has 0 spiro atoms. The van der Waals surface area contributed by atoms with Crippen molar-refractivity contribution in [2.45, 2.75) is 19.8 Å². The van der Waals surface area contributed by atoms with E-state index < -0.39 is 5.82 Å². The number of carbonyl (C=O) groups excluding carboxylic acids is 1. The van der Waals surface area contributed by atoms with Crippen molar-refractivity contribution in [2.75, 3.05) is 0 Å². The molecule has 3 heteroatoms. The molecule has 74 valence electrons. The highest BCUT2D eigenvalue weighted by atomic mass is 19.1. The first-order valence-corrected chi connectivity index (χ1v) is 4.38. The van der Waals surface area contributed by atoms with E-state index in [0.717, 1.165) is 11.8 Å². The number of rotatable bonds is 4. The van der Waals surface area contributed by atoms with Gasteiger partial charge in [-0.25, -0.2) is 4.39 Å². The second-order valence-corrected chi connectivity index (χ2v) is 3.24. The van der Waals surface area contributed by atoms with Crippen molar-refractivity contribution >= 4 is 5.78 Å². The number of pyridine rings is 1. The quantitative estimate of drug-likeness (QED) is 0.543. The van der Waals surface area contributed by atoms with Gasteiger partial charge in [0.05, 0.1) is 11.8 Å². The normalized spacial score (nSPS) is 9.86. The summed E-state index contributed by atoms with van der Waals surface area (Å²) < 4.78 is 13.1. The SMILES string of the molecule is C=C(C)CCC(=O)c1ccncc1F. The summed E-state index contributed by atoms with van der Waals surface area (Å²) in [7, 11) is 0. The Morgan fingerprint density at radius 3 is 2.86 bits per heavy atom. The van der Waals surface area contributed by atoms with Crippen LogP contribution in [0.3, 0.4) is 0 Å². The van der Waals surface area contributed by atoms with Gasteiger partial charge in [0.15, 0.2) is 11.6 Å². The van der Waals surface area contributed by atoms with Crippen LogP contribution in [0.15, 0.2) is 30.6 Å². The largest absolute Gasteiger partial charge is 0.294 e. The lowest BCUT2D eigenvalue weighted by molar-refractivity contribution is 0.0978. The summed E-state index contributed by atoms with van der Waals surface area (Å²) in [6.45, 7) is 5.53. The summed E-state index contributed by atoms with van der Waals surface area (Å²) in [5.41, 5.74) is 1.04. The minimum absolute atomic E-state index is 0.112. The van der Waals surface area contributed by atoms with E-state index in [1.165, 1.54) is 12.3 Å². The maximum atomic E-state index is 13.1. The van der Waals surface area contributed by atoms with Crippen molar-refractivity contribution in [1.29, 1.82) is 0 Å². The van der Waals surface area contributed by atoms with Crippen molar-refractivity contribution in [3.05, 3.63) is 42.0 Å². The van der Waals surface area contributed by atoms with Crippen LogP contribution in [0.2, 0.25) is 0 Å². The number of carbonyl (C=O) groups is 1. The molecule has 0 amide bonds. The van der Waals surface area contributed by atoms with Crippen molar-refractivity contribution in [1.82, 2.24) is 4.98 Å². The zero-order chi connectivity index (χ0) is 10.6. The summed E-state index contributed by atoms with van der Waals surface area (Å²) in [6, 6.07) is 1.40. The molecule has 0 fully saturated rings. The fraction of sp³-hybridized carbons (Fsp3) is 0.273. The molecular weight excluding hydrogens is 181 g/mol. The minimum atomic E-state index is -0.556. The highest BCUT2D eigenvalue weighted by Gasteiger charge is 2.10. The third-order valence-corrected chi connectivity index (χ3v) is 1.85. The molecule has 0 bridgehead atoms. The Morgan fingerprint density at radius 2 is 2.29 bits per heavy atom. The first-order valence-electron chi connectivity index (χ1n) is 4.38. The highest BCUT2D eigenvalue weighted by molar-refractivity contribution is 5.96. The van der Waals surface area contributed by atoms with Crippen LogP contribution < -0.4 is 0 Å². The maximum Gasteiger partial charge on any atom is 0.166 e. The summed E-state index contributed by atoms with van der Waals surface area (Å²) in [6.07, 6.45) is 3.36. The number of hydrogen-bond donors (Lipinski definition) is 0. The van der Waals surface area contributed by atoms with Gasteiger partial charge in [-0.2, -0.15) is 0 Å². The van der Waals surface area contributed by atoms with Crippen LogP contribution in [0, 0.1) is 5.82 Å². The smallest absolute Gasteiger partial charge is 0.166 e. The van der Waals surface area contributed by atoms with Gasteiger partial charge < -0.3 is 0 Å². The number of halogens is 1. The minimum Gasteiger partial charge on any atom is -0.294 e. The van der Waals surface area contributed by atoms with E-state index in [2.05, 4.69) is 11.6 Å². The monoisotopic (exact) mass is 193 g/mol. The lowest BCUT2D eigenvalue weighted by Gasteiger charge is -2.01. The first kappa shape index (κ1) is 10.6. The molecule has 1 aromatic rings. The summed E-state index contributed by atoms with van der Waals surface area (Å²) >= 11 is 0. The second-order valence-electron chi connectivity index (χ2n) is 3.24. The van der Waals surface area contributed by atoms with E-state index in [0.29, 0.717) is 12.8 Å². The van der Waals surface area contributed by atoms with Gasteiger partial charge in [0.2, 0.25) is 0 Å². The fourth-order valence-electron chi connectivity index (χ4n) is 1.06. The molecule has 0 atom stereocenters. The Balaban J connectivity index is 2.70. The lowest BCUT2D eigenvalue weighted by atomic mass is 10.1. The molecular formula is C11H12FNO. The predicted molar refractivity (Wildman–Crippen MR) is 52.6 cm³/mol. The predicted octanol–water partition coefficient (Wildman–Crippen LogP) is 2.76. The van der Waals surface area contributed by atoms with Gasteiger partial charge in [-0.15, -0.1) is 6.58 Å². The van der Waals surface area contributed by atoms with E-state index >= 15 is 0 Å². The highest BCUT2D eigenvalue weighted by Crippen LogP contribution is 2.11. The summed E-state index contributed by atoms with van der Waals surface area (Å²) in [5, 5.41) is 0. The van der Waals surface area contributed by atoms with E-state index in [9.17, 15) is 9.18 Å². The Bertz CT molecular complexity index is 360. The molecule has 2 nitrogen and oxygen atoms in total. The van der Waals surface area contributed by atoms with Gasteiger partial charge >= 0.3 is 0 Å². The zero-order valence-corrected chi connectivity index (χ0v) is 8.09. The molecule has 0 saturated carbocycles. The maximum absolute atomic E-state index is 13.1. The van der Waals surface area contributed by atoms with Crippen LogP contribution in [0.4, 0.5) is 4.39 Å². The molecule has 0 unspecified atom stereocenters. The Kier molecular flexibility index (Phi) is 3.51. The van der Waals surface area contributed by atoms with Crippen LogP contribution in [-0.4, -0.2) is 10.8 Å². The van der Waals surface area contributed by atoms with Crippen molar-refractivity contribution in [2.24, 2.45) is 0 Å². The van der Waals surface area contributed by atoms with Crippen LogP contribution in [-0.2, 0) is 0 Å². The first-order chi connectivity index (χ1) is 6.61. The molecule has 1 rings (SSSR count). The number of ketones is 1. The average Bonchev–Trinajstić information content (AvgIpc) is 2.15. The van der Waals surface area contributed by atoms with Gasteiger partial charge in [0, 0.05) is 12.6 Å². The van der Waals surface area contributed by atoms with E-state index in [4.69, 9.17) is 0 Å². The Labute approximate surface area is 82.5 Å². The van der Waals surface area contributed by atoms with Gasteiger partial charge in [0.1, 0.15) is 0 Å². The number of nitrogens with zero attached hydrogens (tertiary/aromatic N) is 1. The van der Waals surface area contributed by atoms with Gasteiger partial charge in [-0.05, 0) is 19.4 Å². The lowest BCUT2D eigenvalue weighted by Crippen LogP contribution is -2.02. The molecule has 1 heterocycles. The van der Waals surface area contributed by atoms with Gasteiger partial charge in [0.25, 0.3) is 0 Å². The zero-order valence-electron chi connectivity index (χ0n) is 8.09. The van der Waals surface area contributed by atoms with Crippen molar-refractivity contribution < 1.29 is 9.18 Å². The average molecular weight is 193 g/mol. The summed E-state index contributed by atoms with van der Waals surface area (Å²) in [4.78, 5) is 15.0. The molecule has 0 aliphatic rings. The molecule has 0 aliphatic carbocycles. The topological polar surface area (TPSA) is 30.0 Å². The van der Waals surface area contributed by atoms with E-state index in [1.54, 1.807) is 0 Å². The third kappa shape index (κ3) is 2.76. The van der Waals surface area contributed by atoms with Crippen LogP contribution >= 0.6 is 0 Å². The van der Waals surface area contributed by atoms with Gasteiger partial charge in [-0.1, -0.05) is 5.57 Å². The number of allylic oxidation sites excluding steroid dienone is 1. The number of hydrogen-bond acceptors (Lipinski definition) is 2. The van der Waals surface area contributed by atoms with Crippen molar-refractivity contribution in [3.8, 4) is 0 Å². The molecule has 0 aromatic carbocycles. The van der Waals surface area contributed by atoms with Crippen molar-refractivity contribution in [3.63, 3.8) is 0 Å². The Hall–Kier alpha value is -1.51. The van der Waals surface area contributed by atoms with Crippen LogP contribution in [0.25, 0.3) is 0 Å². The third-order valence-electron chi connectivity index (χ3n) is 1.85. The summed E-state index contributed by atoms with van der Waals surface area (Å²) in [5.74, 6) is -0.757.